The molecule has 0 saturated heterocycles. The van der Waals surface area contributed by atoms with E-state index in [1.807, 2.05) is 0 Å². The van der Waals surface area contributed by atoms with Crippen LogP contribution in [0.15, 0.2) is 18.2 Å². The van der Waals surface area contributed by atoms with Crippen LogP contribution in [0.2, 0.25) is 0 Å². The molecule has 0 aliphatic carbocycles. The lowest BCUT2D eigenvalue weighted by Gasteiger charge is -2.14. The van der Waals surface area contributed by atoms with Crippen molar-refractivity contribution in [2.75, 3.05) is 13.2 Å². The van der Waals surface area contributed by atoms with Gasteiger partial charge in [0, 0.05) is 0 Å². The minimum Gasteiger partial charge on any atom is -0.465 e. The Labute approximate surface area is 120 Å². The van der Waals surface area contributed by atoms with Crippen molar-refractivity contribution in [1.29, 1.82) is 0 Å². The van der Waals surface area contributed by atoms with Crippen LogP contribution in [0.4, 0.5) is 4.39 Å². The minimum atomic E-state index is -1.23. The van der Waals surface area contributed by atoms with Crippen molar-refractivity contribution in [3.63, 3.8) is 0 Å². The molecule has 21 heavy (non-hydrogen) atoms. The summed E-state index contributed by atoms with van der Waals surface area (Å²) in [5.41, 5.74) is 0.780. The Hall–Kier alpha value is -2.44. The van der Waals surface area contributed by atoms with E-state index in [9.17, 15) is 14.0 Å². The fraction of sp³-hybridized carbons (Fsp3) is 0.357. The molecule has 0 amide bonds. The van der Waals surface area contributed by atoms with Crippen molar-refractivity contribution in [3.05, 3.63) is 29.7 Å². The molecule has 7 heteroatoms. The number of aromatic amines is 1. The summed E-state index contributed by atoms with van der Waals surface area (Å²) in [7, 11) is 0. The van der Waals surface area contributed by atoms with Crippen molar-refractivity contribution >= 4 is 22.8 Å². The first-order valence-corrected chi connectivity index (χ1v) is 6.55. The Morgan fingerprint density at radius 1 is 1.24 bits per heavy atom. The van der Waals surface area contributed by atoms with Crippen LogP contribution in [0.1, 0.15) is 25.3 Å². The van der Waals surface area contributed by atoms with Crippen LogP contribution < -0.4 is 0 Å². The van der Waals surface area contributed by atoms with Gasteiger partial charge >= 0.3 is 11.9 Å². The van der Waals surface area contributed by atoms with Crippen LogP contribution >= 0.6 is 0 Å². The molecule has 0 saturated carbocycles. The average Bonchev–Trinajstić information content (AvgIpc) is 2.81. The number of rotatable bonds is 5. The molecule has 0 spiro atoms. The van der Waals surface area contributed by atoms with Gasteiger partial charge in [0.05, 0.1) is 24.1 Å². The van der Waals surface area contributed by atoms with E-state index < -0.39 is 23.8 Å². The van der Waals surface area contributed by atoms with Gasteiger partial charge in [0.25, 0.3) is 0 Å². The molecule has 2 rings (SSSR count). The molecular formula is C14H15FN2O4. The van der Waals surface area contributed by atoms with Crippen LogP contribution in [0.25, 0.3) is 10.9 Å². The number of halogens is 1. The zero-order valence-electron chi connectivity index (χ0n) is 11.7. The second-order valence-corrected chi connectivity index (χ2v) is 4.26. The van der Waals surface area contributed by atoms with E-state index in [-0.39, 0.29) is 18.6 Å². The predicted octanol–water partition coefficient (Wildman–Crippen LogP) is 1.91. The largest absolute Gasteiger partial charge is 0.465 e. The SMILES string of the molecule is CCOC(=O)C(C(=O)OCC)c1ccc2[nH]nc(F)c2c1. The number of esters is 2. The molecule has 0 radical (unpaired) electrons. The Balaban J connectivity index is 2.43. The number of H-pyrrole nitrogens is 1. The van der Waals surface area contributed by atoms with Crippen LogP contribution in [0, 0.1) is 5.95 Å². The number of nitrogens with one attached hydrogen (secondary N) is 1. The molecule has 1 aromatic heterocycles. The van der Waals surface area contributed by atoms with E-state index in [1.165, 1.54) is 6.07 Å². The van der Waals surface area contributed by atoms with E-state index in [0.717, 1.165) is 0 Å². The maximum absolute atomic E-state index is 13.5. The highest BCUT2D eigenvalue weighted by atomic mass is 19.1. The van der Waals surface area contributed by atoms with Gasteiger partial charge < -0.3 is 9.47 Å². The fourth-order valence-corrected chi connectivity index (χ4v) is 2.00. The number of hydrogen-bond acceptors (Lipinski definition) is 5. The van der Waals surface area contributed by atoms with E-state index in [4.69, 9.17) is 9.47 Å². The smallest absolute Gasteiger partial charge is 0.324 e. The highest BCUT2D eigenvalue weighted by Gasteiger charge is 2.31. The van der Waals surface area contributed by atoms with Gasteiger partial charge in [-0.25, -0.2) is 0 Å². The average molecular weight is 294 g/mol. The minimum absolute atomic E-state index is 0.136. The maximum Gasteiger partial charge on any atom is 0.324 e. The van der Waals surface area contributed by atoms with Gasteiger partial charge in [0.15, 0.2) is 5.92 Å². The second kappa shape index (κ2) is 6.34. The van der Waals surface area contributed by atoms with Gasteiger partial charge in [-0.15, -0.1) is 5.10 Å². The summed E-state index contributed by atoms with van der Waals surface area (Å²) in [6.45, 7) is 3.55. The Morgan fingerprint density at radius 2 is 1.86 bits per heavy atom. The Kier molecular flexibility index (Phi) is 4.52. The van der Waals surface area contributed by atoms with Crippen molar-refractivity contribution in [3.8, 4) is 0 Å². The maximum atomic E-state index is 13.5. The third kappa shape index (κ3) is 3.01. The second-order valence-electron chi connectivity index (χ2n) is 4.26. The normalized spacial score (nSPS) is 10.9. The quantitative estimate of drug-likeness (QED) is 0.673. The molecule has 6 nitrogen and oxygen atoms in total. The molecule has 0 aliphatic rings. The predicted molar refractivity (Wildman–Crippen MR) is 72.1 cm³/mol. The monoisotopic (exact) mass is 294 g/mol. The van der Waals surface area contributed by atoms with Crippen LogP contribution in [0.5, 0.6) is 0 Å². The zero-order chi connectivity index (χ0) is 15.4. The van der Waals surface area contributed by atoms with Gasteiger partial charge in [-0.2, -0.15) is 4.39 Å². The van der Waals surface area contributed by atoms with Gasteiger partial charge in [-0.1, -0.05) is 6.07 Å². The summed E-state index contributed by atoms with van der Waals surface area (Å²) < 4.78 is 23.3. The van der Waals surface area contributed by atoms with Gasteiger partial charge in [0.2, 0.25) is 5.95 Å². The Morgan fingerprint density at radius 3 is 2.43 bits per heavy atom. The summed E-state index contributed by atoms with van der Waals surface area (Å²) in [6, 6.07) is 4.48. The molecule has 0 fully saturated rings. The summed E-state index contributed by atoms with van der Waals surface area (Å²) in [6.07, 6.45) is 0. The first-order valence-electron chi connectivity index (χ1n) is 6.55. The summed E-state index contributed by atoms with van der Waals surface area (Å²) in [5.74, 6) is -3.37. The first kappa shape index (κ1) is 15.0. The van der Waals surface area contributed by atoms with Crippen molar-refractivity contribution in [1.82, 2.24) is 10.2 Å². The highest BCUT2D eigenvalue weighted by Crippen LogP contribution is 2.24. The molecule has 0 aliphatic heterocycles. The lowest BCUT2D eigenvalue weighted by molar-refractivity contribution is -0.156. The van der Waals surface area contributed by atoms with Crippen LogP contribution in [0.3, 0.4) is 0 Å². The molecule has 112 valence electrons. The van der Waals surface area contributed by atoms with Gasteiger partial charge in [-0.05, 0) is 31.5 Å². The number of aromatic nitrogens is 2. The summed E-state index contributed by atoms with van der Waals surface area (Å²) in [4.78, 5) is 24.0. The number of benzene rings is 1. The van der Waals surface area contributed by atoms with Crippen LogP contribution in [-0.4, -0.2) is 35.3 Å². The van der Waals surface area contributed by atoms with E-state index in [1.54, 1.807) is 26.0 Å². The highest BCUT2D eigenvalue weighted by molar-refractivity contribution is 6.01. The standard InChI is InChI=1S/C14H15FN2O4/c1-3-20-13(18)11(14(19)21-4-2)8-5-6-10-9(7-8)12(15)17-16-10/h5-7,11H,3-4H2,1-2H3,(H,16,17). The molecule has 0 unspecified atom stereocenters. The molecule has 0 bridgehead atoms. The van der Waals surface area contributed by atoms with E-state index >= 15 is 0 Å². The summed E-state index contributed by atoms with van der Waals surface area (Å²) >= 11 is 0. The Bertz CT molecular complexity index is 650. The molecule has 1 heterocycles. The number of fused-ring (bicyclic) bond motifs is 1. The van der Waals surface area contributed by atoms with E-state index in [0.29, 0.717) is 11.1 Å². The van der Waals surface area contributed by atoms with Crippen molar-refractivity contribution in [2.45, 2.75) is 19.8 Å². The lowest BCUT2D eigenvalue weighted by Crippen LogP contribution is -2.26. The number of carbonyl (C=O) groups excluding carboxylic acids is 2. The lowest BCUT2D eigenvalue weighted by atomic mass is 9.98. The van der Waals surface area contributed by atoms with Gasteiger partial charge in [0.1, 0.15) is 0 Å². The topological polar surface area (TPSA) is 81.3 Å². The summed E-state index contributed by atoms with van der Waals surface area (Å²) in [5, 5.41) is 6.14. The van der Waals surface area contributed by atoms with Crippen molar-refractivity contribution < 1.29 is 23.5 Å². The third-order valence-electron chi connectivity index (χ3n) is 2.92. The molecule has 1 aromatic carbocycles. The number of nitrogens with zero attached hydrogens (tertiary/aromatic N) is 1. The number of carbonyl (C=O) groups is 2. The number of hydrogen-bond donors (Lipinski definition) is 1. The molecule has 2 aromatic rings. The van der Waals surface area contributed by atoms with Gasteiger partial charge in [-0.3, -0.25) is 14.7 Å². The van der Waals surface area contributed by atoms with E-state index in [2.05, 4.69) is 10.2 Å². The molecular weight excluding hydrogens is 279 g/mol. The molecule has 1 N–H and O–H groups in total. The fourth-order valence-electron chi connectivity index (χ4n) is 2.00. The molecule has 0 atom stereocenters. The third-order valence-corrected chi connectivity index (χ3v) is 2.92. The number of ether oxygens (including phenoxy) is 2. The zero-order valence-corrected chi connectivity index (χ0v) is 11.7. The first-order chi connectivity index (χ1) is 10.1. The van der Waals surface area contributed by atoms with Crippen LogP contribution in [-0.2, 0) is 19.1 Å². The van der Waals surface area contributed by atoms with Crippen molar-refractivity contribution in [2.24, 2.45) is 0 Å².